The summed E-state index contributed by atoms with van der Waals surface area (Å²) in [6.07, 6.45) is 3.49. The SMILES string of the molecule is Cc1cccc(/C=C\N)c1C. The molecule has 0 saturated carbocycles. The second-order valence-electron chi connectivity index (χ2n) is 2.65. The van der Waals surface area contributed by atoms with Crippen LogP contribution in [0.1, 0.15) is 16.7 Å². The third-order valence-electron chi connectivity index (χ3n) is 1.92. The predicted molar refractivity (Wildman–Crippen MR) is 49.1 cm³/mol. The number of rotatable bonds is 1. The van der Waals surface area contributed by atoms with Crippen molar-refractivity contribution in [1.82, 2.24) is 0 Å². The minimum absolute atomic E-state index is 1.20. The predicted octanol–water partition coefficient (Wildman–Crippen LogP) is 2.23. The van der Waals surface area contributed by atoms with E-state index in [4.69, 9.17) is 5.73 Å². The molecule has 0 atom stereocenters. The van der Waals surface area contributed by atoms with Crippen LogP contribution in [0.5, 0.6) is 0 Å². The first kappa shape index (κ1) is 7.86. The Morgan fingerprint density at radius 1 is 1.27 bits per heavy atom. The molecule has 1 nitrogen and oxygen atoms in total. The zero-order chi connectivity index (χ0) is 8.27. The molecule has 0 amide bonds. The Bertz CT molecular complexity index is 274. The maximum absolute atomic E-state index is 5.30. The fourth-order valence-electron chi connectivity index (χ4n) is 1.06. The molecule has 0 saturated heterocycles. The maximum Gasteiger partial charge on any atom is -0.00563 e. The van der Waals surface area contributed by atoms with Crippen molar-refractivity contribution < 1.29 is 0 Å². The van der Waals surface area contributed by atoms with Gasteiger partial charge in [-0.1, -0.05) is 18.2 Å². The largest absolute Gasteiger partial charge is 0.405 e. The molecule has 0 aliphatic rings. The molecular weight excluding hydrogens is 134 g/mol. The third-order valence-corrected chi connectivity index (χ3v) is 1.92. The molecule has 0 spiro atoms. The van der Waals surface area contributed by atoms with Gasteiger partial charge in [0, 0.05) is 0 Å². The van der Waals surface area contributed by atoms with Gasteiger partial charge >= 0.3 is 0 Å². The van der Waals surface area contributed by atoms with Crippen LogP contribution in [0.3, 0.4) is 0 Å². The first-order valence-electron chi connectivity index (χ1n) is 3.70. The zero-order valence-electron chi connectivity index (χ0n) is 6.96. The molecule has 1 aromatic carbocycles. The van der Waals surface area contributed by atoms with Crippen molar-refractivity contribution in [3.8, 4) is 0 Å². The Labute approximate surface area is 67.5 Å². The van der Waals surface area contributed by atoms with E-state index >= 15 is 0 Å². The van der Waals surface area contributed by atoms with Crippen LogP contribution in [0.25, 0.3) is 6.08 Å². The van der Waals surface area contributed by atoms with E-state index in [0.717, 1.165) is 0 Å². The lowest BCUT2D eigenvalue weighted by molar-refractivity contribution is 1.32. The van der Waals surface area contributed by atoms with E-state index in [1.807, 2.05) is 12.1 Å². The lowest BCUT2D eigenvalue weighted by Gasteiger charge is -2.02. The Morgan fingerprint density at radius 3 is 2.64 bits per heavy atom. The van der Waals surface area contributed by atoms with E-state index in [-0.39, 0.29) is 0 Å². The maximum atomic E-state index is 5.30. The van der Waals surface area contributed by atoms with Gasteiger partial charge in [0.15, 0.2) is 0 Å². The van der Waals surface area contributed by atoms with Gasteiger partial charge < -0.3 is 5.73 Å². The topological polar surface area (TPSA) is 26.0 Å². The van der Waals surface area contributed by atoms with Gasteiger partial charge in [-0.25, -0.2) is 0 Å². The van der Waals surface area contributed by atoms with Crippen LogP contribution in [-0.2, 0) is 0 Å². The average molecular weight is 147 g/mol. The van der Waals surface area contributed by atoms with Crippen LogP contribution < -0.4 is 5.73 Å². The van der Waals surface area contributed by atoms with Crippen molar-refractivity contribution in [2.45, 2.75) is 13.8 Å². The second-order valence-corrected chi connectivity index (χ2v) is 2.65. The number of hydrogen-bond donors (Lipinski definition) is 1. The second kappa shape index (κ2) is 3.24. The molecule has 0 aliphatic heterocycles. The highest BCUT2D eigenvalue weighted by Crippen LogP contribution is 2.13. The molecule has 58 valence electrons. The van der Waals surface area contributed by atoms with E-state index in [1.165, 1.54) is 16.7 Å². The van der Waals surface area contributed by atoms with Crippen molar-refractivity contribution >= 4 is 6.08 Å². The van der Waals surface area contributed by atoms with Crippen molar-refractivity contribution in [2.24, 2.45) is 5.73 Å². The van der Waals surface area contributed by atoms with Gasteiger partial charge in [-0.3, -0.25) is 0 Å². The summed E-state index contributed by atoms with van der Waals surface area (Å²) < 4.78 is 0. The van der Waals surface area contributed by atoms with E-state index in [2.05, 4.69) is 26.0 Å². The van der Waals surface area contributed by atoms with Crippen LogP contribution >= 0.6 is 0 Å². The lowest BCUT2D eigenvalue weighted by Crippen LogP contribution is -1.85. The molecule has 1 rings (SSSR count). The molecule has 0 bridgehead atoms. The van der Waals surface area contributed by atoms with Crippen molar-refractivity contribution in [3.63, 3.8) is 0 Å². The summed E-state index contributed by atoms with van der Waals surface area (Å²) in [6.45, 7) is 4.20. The quantitative estimate of drug-likeness (QED) is 0.647. The van der Waals surface area contributed by atoms with Gasteiger partial charge in [0.25, 0.3) is 0 Å². The summed E-state index contributed by atoms with van der Waals surface area (Å²) in [7, 11) is 0. The minimum Gasteiger partial charge on any atom is -0.405 e. The van der Waals surface area contributed by atoms with Gasteiger partial charge in [0.05, 0.1) is 0 Å². The highest BCUT2D eigenvalue weighted by atomic mass is 14.5. The van der Waals surface area contributed by atoms with Crippen LogP contribution in [0, 0.1) is 13.8 Å². The van der Waals surface area contributed by atoms with Gasteiger partial charge in [0.1, 0.15) is 0 Å². The van der Waals surface area contributed by atoms with E-state index in [1.54, 1.807) is 6.20 Å². The number of aryl methyl sites for hydroxylation is 1. The van der Waals surface area contributed by atoms with E-state index in [9.17, 15) is 0 Å². The average Bonchev–Trinajstić information content (AvgIpc) is 1.99. The van der Waals surface area contributed by atoms with Crippen molar-refractivity contribution in [1.29, 1.82) is 0 Å². The molecule has 0 heterocycles. The summed E-state index contributed by atoms with van der Waals surface area (Å²) in [5.74, 6) is 0. The van der Waals surface area contributed by atoms with Crippen LogP contribution in [0.15, 0.2) is 24.4 Å². The standard InChI is InChI=1S/C10H13N/c1-8-4-3-5-10(6-7-11)9(8)2/h3-7H,11H2,1-2H3/b7-6-. The van der Waals surface area contributed by atoms with Crippen LogP contribution in [0.2, 0.25) is 0 Å². The fourth-order valence-corrected chi connectivity index (χ4v) is 1.06. The Hall–Kier alpha value is -1.24. The van der Waals surface area contributed by atoms with Crippen molar-refractivity contribution in [2.75, 3.05) is 0 Å². The van der Waals surface area contributed by atoms with Crippen molar-refractivity contribution in [3.05, 3.63) is 41.1 Å². The molecule has 0 fully saturated rings. The highest BCUT2D eigenvalue weighted by molar-refractivity contribution is 5.54. The fraction of sp³-hybridized carbons (Fsp3) is 0.200. The number of nitrogens with two attached hydrogens (primary N) is 1. The van der Waals surface area contributed by atoms with Gasteiger partial charge in [0.2, 0.25) is 0 Å². The molecule has 0 aromatic heterocycles. The Morgan fingerprint density at radius 2 is 2.00 bits per heavy atom. The smallest absolute Gasteiger partial charge is 0.00563 e. The molecule has 0 unspecified atom stereocenters. The molecule has 11 heavy (non-hydrogen) atoms. The summed E-state index contributed by atoms with van der Waals surface area (Å²) in [6, 6.07) is 6.20. The first-order chi connectivity index (χ1) is 5.25. The van der Waals surface area contributed by atoms with Gasteiger partial charge in [-0.2, -0.15) is 0 Å². The molecule has 0 radical (unpaired) electrons. The minimum atomic E-state index is 1.20. The summed E-state index contributed by atoms with van der Waals surface area (Å²) >= 11 is 0. The Kier molecular flexibility index (Phi) is 2.32. The summed E-state index contributed by atoms with van der Waals surface area (Å²) in [4.78, 5) is 0. The first-order valence-corrected chi connectivity index (χ1v) is 3.70. The summed E-state index contributed by atoms with van der Waals surface area (Å²) in [5, 5.41) is 0. The van der Waals surface area contributed by atoms with Crippen LogP contribution in [0.4, 0.5) is 0 Å². The molecular formula is C10H13N. The molecule has 0 aliphatic carbocycles. The number of benzene rings is 1. The number of hydrogen-bond acceptors (Lipinski definition) is 1. The summed E-state index contributed by atoms with van der Waals surface area (Å²) in [5.41, 5.74) is 9.11. The van der Waals surface area contributed by atoms with E-state index in [0.29, 0.717) is 0 Å². The third kappa shape index (κ3) is 1.61. The monoisotopic (exact) mass is 147 g/mol. The Balaban J connectivity index is 3.16. The van der Waals surface area contributed by atoms with Gasteiger partial charge in [-0.05, 0) is 42.8 Å². The molecule has 2 N–H and O–H groups in total. The highest BCUT2D eigenvalue weighted by Gasteiger charge is 1.94. The van der Waals surface area contributed by atoms with Gasteiger partial charge in [-0.15, -0.1) is 0 Å². The normalized spacial score (nSPS) is 10.7. The van der Waals surface area contributed by atoms with Crippen LogP contribution in [-0.4, -0.2) is 0 Å². The lowest BCUT2D eigenvalue weighted by atomic mass is 10.0. The zero-order valence-corrected chi connectivity index (χ0v) is 6.96. The van der Waals surface area contributed by atoms with E-state index < -0.39 is 0 Å². The molecule has 1 aromatic rings. The molecule has 1 heteroatoms.